The van der Waals surface area contributed by atoms with Crippen molar-refractivity contribution in [3.05, 3.63) is 12.7 Å². The molecule has 0 saturated carbocycles. The predicted octanol–water partition coefficient (Wildman–Crippen LogP) is 3.50. The topological polar surface area (TPSA) is 32.3 Å². The van der Waals surface area contributed by atoms with E-state index in [1.54, 1.807) is 0 Å². The van der Waals surface area contributed by atoms with E-state index < -0.39 is 0 Å². The molecule has 0 aromatic rings. The molecule has 1 unspecified atom stereocenters. The molecule has 0 aliphatic carbocycles. The molecule has 3 heteroatoms. The van der Waals surface area contributed by atoms with Crippen molar-refractivity contribution in [2.24, 2.45) is 0 Å². The van der Waals surface area contributed by atoms with E-state index in [4.69, 9.17) is 0 Å². The van der Waals surface area contributed by atoms with E-state index >= 15 is 0 Å². The van der Waals surface area contributed by atoms with Gasteiger partial charge in [0.1, 0.15) is 0 Å². The molecule has 1 aliphatic rings. The summed E-state index contributed by atoms with van der Waals surface area (Å²) in [6, 6.07) is 0.114. The quantitative estimate of drug-likeness (QED) is 0.720. The van der Waals surface area contributed by atoms with Crippen LogP contribution in [0.2, 0.25) is 0 Å². The van der Waals surface area contributed by atoms with E-state index in [0.717, 1.165) is 39.0 Å². The molecule has 1 fully saturated rings. The van der Waals surface area contributed by atoms with E-state index in [0.29, 0.717) is 12.2 Å². The second-order valence-electron chi connectivity index (χ2n) is 4.02. The Kier molecular flexibility index (Phi) is 16.7. The smallest absolute Gasteiger partial charge is 0.151 e. The van der Waals surface area contributed by atoms with Crippen molar-refractivity contribution < 1.29 is 6.22 Å². The number of hydrogen-bond acceptors (Lipinski definition) is 3. The largest absolute Gasteiger partial charge is 0.307 e. The second-order valence-corrected chi connectivity index (χ2v) is 4.02. The van der Waals surface area contributed by atoms with Crippen LogP contribution in [-0.4, -0.2) is 42.9 Å². The van der Waals surface area contributed by atoms with Gasteiger partial charge < -0.3 is 10.2 Å². The summed E-state index contributed by atoms with van der Waals surface area (Å²) in [7, 11) is 0. The molecule has 0 aromatic carbocycles. The predicted molar refractivity (Wildman–Crippen MR) is 87.8 cm³/mol. The van der Waals surface area contributed by atoms with Crippen LogP contribution in [0.25, 0.3) is 0 Å². The van der Waals surface area contributed by atoms with Crippen LogP contribution in [0.3, 0.4) is 0 Å². The van der Waals surface area contributed by atoms with Gasteiger partial charge in [0.25, 0.3) is 0 Å². The van der Waals surface area contributed by atoms with Crippen LogP contribution in [-0.2, 0) is 4.79 Å². The third kappa shape index (κ3) is 9.85. The van der Waals surface area contributed by atoms with Crippen molar-refractivity contribution in [3.8, 4) is 0 Å². The highest BCUT2D eigenvalue weighted by atomic mass is 16.1. The van der Waals surface area contributed by atoms with Crippen LogP contribution in [0.4, 0.5) is 0 Å². The Morgan fingerprint density at radius 3 is 2.42 bits per heavy atom. The van der Waals surface area contributed by atoms with Crippen molar-refractivity contribution in [3.63, 3.8) is 0 Å². The van der Waals surface area contributed by atoms with Gasteiger partial charge >= 0.3 is 0 Å². The highest BCUT2D eigenvalue weighted by molar-refractivity contribution is 5.86. The van der Waals surface area contributed by atoms with Crippen LogP contribution in [0.15, 0.2) is 12.7 Å². The lowest BCUT2D eigenvalue weighted by molar-refractivity contribution is -0.118. The Hall–Kier alpha value is -0.670. The van der Waals surface area contributed by atoms with Crippen molar-refractivity contribution in [2.75, 3.05) is 26.2 Å². The maximum Gasteiger partial charge on any atom is 0.151 e. The Morgan fingerprint density at radius 1 is 1.37 bits per heavy atom. The van der Waals surface area contributed by atoms with Gasteiger partial charge in [-0.1, -0.05) is 40.7 Å². The van der Waals surface area contributed by atoms with E-state index in [-0.39, 0.29) is 7.47 Å². The van der Waals surface area contributed by atoms with Crippen molar-refractivity contribution in [2.45, 2.75) is 59.9 Å². The molecule has 1 rings (SSSR count). The lowest BCUT2D eigenvalue weighted by Gasteiger charge is -2.21. The summed E-state index contributed by atoms with van der Waals surface area (Å²) in [6.07, 6.45) is 4.63. The summed E-state index contributed by atoms with van der Waals surface area (Å²) in [5, 5.41) is 3.25. The molecule has 1 heterocycles. The number of rotatable bonds is 7. The van der Waals surface area contributed by atoms with Gasteiger partial charge in [-0.2, -0.15) is 0 Å². The third-order valence-corrected chi connectivity index (χ3v) is 2.98. The van der Waals surface area contributed by atoms with Crippen molar-refractivity contribution in [1.29, 1.82) is 0 Å². The highest BCUT2D eigenvalue weighted by Crippen LogP contribution is 2.06. The van der Waals surface area contributed by atoms with Gasteiger partial charge in [-0.3, -0.25) is 4.79 Å². The highest BCUT2D eigenvalue weighted by Gasteiger charge is 2.23. The van der Waals surface area contributed by atoms with E-state index in [1.807, 2.05) is 33.8 Å². The summed E-state index contributed by atoms with van der Waals surface area (Å²) >= 11 is 0. The lowest BCUT2D eigenvalue weighted by atomic mass is 10.1. The first kappa shape index (κ1) is 20.6. The minimum atomic E-state index is 0. The molecule has 116 valence electrons. The Balaban J connectivity index is -0.000000529. The number of carbonyl (C=O) groups is 1. The van der Waals surface area contributed by atoms with Gasteiger partial charge in [0.2, 0.25) is 0 Å². The minimum Gasteiger partial charge on any atom is -0.307 e. The summed E-state index contributed by atoms with van der Waals surface area (Å²) in [4.78, 5) is 13.8. The molecule has 1 N–H and O–H groups in total. The van der Waals surface area contributed by atoms with Crippen LogP contribution >= 0.6 is 0 Å². The first-order valence-corrected chi connectivity index (χ1v) is 7.87. The molecule has 1 saturated heterocycles. The molecule has 0 amide bonds. The monoisotopic (exact) mass is 272 g/mol. The zero-order chi connectivity index (χ0) is 15.1. The van der Waals surface area contributed by atoms with Gasteiger partial charge in [0, 0.05) is 27.5 Å². The van der Waals surface area contributed by atoms with Crippen LogP contribution in [0, 0.1) is 0 Å². The molecular formula is C16H36N2O. The molecule has 0 bridgehead atoms. The maximum atomic E-state index is 11.4. The van der Waals surface area contributed by atoms with Crippen LogP contribution in [0.5, 0.6) is 0 Å². The van der Waals surface area contributed by atoms with Crippen molar-refractivity contribution >= 4 is 5.78 Å². The SMILES string of the molecule is C=CCCN(CC)CCC1NCCC1=O.CC.CC.[HH]. The second kappa shape index (κ2) is 15.4. The summed E-state index contributed by atoms with van der Waals surface area (Å²) < 4.78 is 0. The molecule has 0 spiro atoms. The molecule has 1 aliphatic heterocycles. The summed E-state index contributed by atoms with van der Waals surface area (Å²) in [5.41, 5.74) is 0. The molecule has 0 radical (unpaired) electrons. The van der Waals surface area contributed by atoms with Gasteiger partial charge in [0.05, 0.1) is 6.04 Å². The van der Waals surface area contributed by atoms with E-state index in [9.17, 15) is 4.79 Å². The van der Waals surface area contributed by atoms with Crippen LogP contribution < -0.4 is 5.32 Å². The standard InChI is InChI=1S/C12H22N2O.2C2H6.H2/c1-3-5-9-14(4-2)10-7-11-12(15)6-8-13-11;2*1-2;/h3,11,13H,1,4-10H2,2H3;2*1-2H3;1H. The average molecular weight is 272 g/mol. The molecule has 0 aromatic heterocycles. The zero-order valence-electron chi connectivity index (χ0n) is 13.7. The van der Waals surface area contributed by atoms with E-state index in [2.05, 4.69) is 23.7 Å². The number of nitrogens with zero attached hydrogens (tertiary/aromatic N) is 1. The Bertz CT molecular complexity index is 223. The molecule has 19 heavy (non-hydrogen) atoms. The lowest BCUT2D eigenvalue weighted by Crippen LogP contribution is -2.34. The molecule has 3 nitrogen and oxygen atoms in total. The average Bonchev–Trinajstić information content (AvgIpc) is 2.89. The minimum absolute atomic E-state index is 0. The zero-order valence-corrected chi connectivity index (χ0v) is 13.7. The summed E-state index contributed by atoms with van der Waals surface area (Å²) in [6.45, 7) is 17.9. The number of carbonyl (C=O) groups excluding carboxylic acids is 1. The molecular weight excluding hydrogens is 236 g/mol. The van der Waals surface area contributed by atoms with Gasteiger partial charge in [-0.25, -0.2) is 0 Å². The van der Waals surface area contributed by atoms with Gasteiger partial charge in [0.15, 0.2) is 5.78 Å². The Labute approximate surface area is 121 Å². The van der Waals surface area contributed by atoms with Crippen molar-refractivity contribution in [1.82, 2.24) is 10.2 Å². The number of ketones is 1. The van der Waals surface area contributed by atoms with E-state index in [1.165, 1.54) is 0 Å². The maximum absolute atomic E-state index is 11.4. The van der Waals surface area contributed by atoms with Crippen LogP contribution in [0.1, 0.15) is 55.3 Å². The fraction of sp³-hybridized carbons (Fsp3) is 0.812. The fourth-order valence-corrected chi connectivity index (χ4v) is 1.93. The van der Waals surface area contributed by atoms with Gasteiger partial charge in [-0.15, -0.1) is 6.58 Å². The third-order valence-electron chi connectivity index (χ3n) is 2.98. The summed E-state index contributed by atoms with van der Waals surface area (Å²) in [5.74, 6) is 0.384. The van der Waals surface area contributed by atoms with Gasteiger partial charge in [-0.05, 0) is 19.4 Å². The number of nitrogens with one attached hydrogen (secondary N) is 1. The number of Topliss-reactive ketones (excluding diaryl/α,β-unsaturated/α-hetero) is 1. The Morgan fingerprint density at radius 2 is 2.00 bits per heavy atom. The fourth-order valence-electron chi connectivity index (χ4n) is 1.93. The normalized spacial score (nSPS) is 17.4. The first-order valence-electron chi connectivity index (χ1n) is 7.87. The molecule has 1 atom stereocenters. The number of hydrogen-bond donors (Lipinski definition) is 1. The first-order chi connectivity index (χ1) is 9.27.